The van der Waals surface area contributed by atoms with E-state index in [2.05, 4.69) is 9.71 Å². The largest absolute Gasteiger partial charge is 0.475 e. The Balaban J connectivity index is 2.50. The standard InChI is InChI=1S/C13H22N2O3S/c1-4-5-8-19(16,17)15-10-12-6-7-13(14-9-12)18-11(2)3/h6-7,9,11,15H,4-5,8,10H2,1-3H3. The maximum Gasteiger partial charge on any atom is 0.213 e. The van der Waals surface area contributed by atoms with Gasteiger partial charge in [-0.15, -0.1) is 0 Å². The number of nitrogens with one attached hydrogen (secondary N) is 1. The molecule has 0 aliphatic carbocycles. The molecule has 1 aromatic heterocycles. The normalized spacial score (nSPS) is 11.8. The molecule has 0 fully saturated rings. The summed E-state index contributed by atoms with van der Waals surface area (Å²) >= 11 is 0. The van der Waals surface area contributed by atoms with E-state index in [0.717, 1.165) is 12.0 Å². The van der Waals surface area contributed by atoms with E-state index < -0.39 is 10.0 Å². The first-order chi connectivity index (χ1) is 8.93. The Kier molecular flexibility index (Phi) is 6.24. The molecule has 0 bridgehead atoms. The number of rotatable bonds is 8. The van der Waals surface area contributed by atoms with Crippen LogP contribution in [0.1, 0.15) is 39.2 Å². The fourth-order valence-electron chi connectivity index (χ4n) is 1.43. The van der Waals surface area contributed by atoms with E-state index in [1.165, 1.54) is 0 Å². The molecule has 108 valence electrons. The van der Waals surface area contributed by atoms with E-state index in [9.17, 15) is 8.42 Å². The van der Waals surface area contributed by atoms with Crippen molar-refractivity contribution in [2.45, 2.75) is 46.3 Å². The molecule has 0 aliphatic heterocycles. The molecular weight excluding hydrogens is 264 g/mol. The maximum atomic E-state index is 11.6. The fourth-order valence-corrected chi connectivity index (χ4v) is 2.63. The molecule has 1 N–H and O–H groups in total. The molecule has 0 spiro atoms. The van der Waals surface area contributed by atoms with E-state index >= 15 is 0 Å². The van der Waals surface area contributed by atoms with Crippen LogP contribution in [0.4, 0.5) is 0 Å². The van der Waals surface area contributed by atoms with Crippen LogP contribution in [0.25, 0.3) is 0 Å². The zero-order valence-electron chi connectivity index (χ0n) is 11.7. The van der Waals surface area contributed by atoms with Crippen molar-refractivity contribution >= 4 is 10.0 Å². The lowest BCUT2D eigenvalue weighted by Gasteiger charge is -2.09. The van der Waals surface area contributed by atoms with Crippen LogP contribution < -0.4 is 9.46 Å². The van der Waals surface area contributed by atoms with Gasteiger partial charge in [-0.2, -0.15) is 0 Å². The van der Waals surface area contributed by atoms with E-state index in [1.807, 2.05) is 26.8 Å². The van der Waals surface area contributed by atoms with E-state index in [4.69, 9.17) is 4.74 Å². The first kappa shape index (κ1) is 15.9. The predicted octanol–water partition coefficient (Wildman–Crippen LogP) is 2.09. The first-order valence-electron chi connectivity index (χ1n) is 6.52. The molecule has 5 nitrogen and oxygen atoms in total. The zero-order valence-corrected chi connectivity index (χ0v) is 12.5. The summed E-state index contributed by atoms with van der Waals surface area (Å²) in [5.41, 5.74) is 0.816. The number of nitrogens with zero attached hydrogens (tertiary/aromatic N) is 1. The lowest BCUT2D eigenvalue weighted by molar-refractivity contribution is 0.232. The molecule has 19 heavy (non-hydrogen) atoms. The molecule has 0 aromatic carbocycles. The average Bonchev–Trinajstić information content (AvgIpc) is 2.35. The molecule has 0 unspecified atom stereocenters. The number of unbranched alkanes of at least 4 members (excludes halogenated alkanes) is 1. The fraction of sp³-hybridized carbons (Fsp3) is 0.615. The van der Waals surface area contributed by atoms with Crippen molar-refractivity contribution in [3.05, 3.63) is 23.9 Å². The Morgan fingerprint density at radius 3 is 2.63 bits per heavy atom. The maximum absolute atomic E-state index is 11.6. The molecule has 1 aromatic rings. The van der Waals surface area contributed by atoms with Crippen molar-refractivity contribution in [2.24, 2.45) is 0 Å². The summed E-state index contributed by atoms with van der Waals surface area (Å²) in [7, 11) is -3.18. The van der Waals surface area contributed by atoms with Crippen LogP contribution in [0.2, 0.25) is 0 Å². The van der Waals surface area contributed by atoms with Crippen molar-refractivity contribution in [1.29, 1.82) is 0 Å². The number of pyridine rings is 1. The number of aromatic nitrogens is 1. The van der Waals surface area contributed by atoms with Gasteiger partial charge in [0.15, 0.2) is 0 Å². The van der Waals surface area contributed by atoms with Gasteiger partial charge in [0.05, 0.1) is 11.9 Å². The number of sulfonamides is 1. The van der Waals surface area contributed by atoms with Gasteiger partial charge in [0.2, 0.25) is 15.9 Å². The molecule has 0 amide bonds. The summed E-state index contributed by atoms with van der Waals surface area (Å²) in [5.74, 6) is 0.721. The highest BCUT2D eigenvalue weighted by Gasteiger charge is 2.09. The molecular formula is C13H22N2O3S. The Morgan fingerprint density at radius 1 is 1.37 bits per heavy atom. The third kappa shape index (κ3) is 6.54. The smallest absolute Gasteiger partial charge is 0.213 e. The third-order valence-corrected chi connectivity index (χ3v) is 3.83. The lowest BCUT2D eigenvalue weighted by atomic mass is 10.3. The molecule has 1 heterocycles. The predicted molar refractivity (Wildman–Crippen MR) is 75.5 cm³/mol. The summed E-state index contributed by atoms with van der Waals surface area (Å²) in [6, 6.07) is 3.56. The van der Waals surface area contributed by atoms with Gasteiger partial charge in [-0.3, -0.25) is 0 Å². The Labute approximate surface area is 115 Å². The Morgan fingerprint density at radius 2 is 2.11 bits per heavy atom. The van der Waals surface area contributed by atoms with Gasteiger partial charge < -0.3 is 4.74 Å². The van der Waals surface area contributed by atoms with E-state index in [0.29, 0.717) is 12.3 Å². The van der Waals surface area contributed by atoms with Crippen molar-refractivity contribution < 1.29 is 13.2 Å². The minimum absolute atomic E-state index is 0.0749. The second-order valence-corrected chi connectivity index (χ2v) is 6.59. The van der Waals surface area contributed by atoms with E-state index in [1.54, 1.807) is 12.3 Å². The third-order valence-electron chi connectivity index (χ3n) is 2.42. The summed E-state index contributed by atoms with van der Waals surface area (Å²) in [6.07, 6.45) is 3.24. The molecule has 0 radical (unpaired) electrons. The van der Waals surface area contributed by atoms with Crippen LogP contribution in [-0.4, -0.2) is 25.3 Å². The van der Waals surface area contributed by atoms with Crippen LogP contribution in [0, 0.1) is 0 Å². The van der Waals surface area contributed by atoms with Crippen LogP contribution in [0.15, 0.2) is 18.3 Å². The Bertz CT molecular complexity index is 469. The summed E-state index contributed by atoms with van der Waals surface area (Å²) in [5, 5.41) is 0. The van der Waals surface area contributed by atoms with Gasteiger partial charge in [-0.1, -0.05) is 19.4 Å². The number of hydrogen-bond acceptors (Lipinski definition) is 4. The number of ether oxygens (including phenoxy) is 1. The van der Waals surface area contributed by atoms with Crippen LogP contribution in [-0.2, 0) is 16.6 Å². The van der Waals surface area contributed by atoms with Gasteiger partial charge in [0.25, 0.3) is 0 Å². The van der Waals surface area contributed by atoms with E-state index in [-0.39, 0.29) is 18.4 Å². The minimum Gasteiger partial charge on any atom is -0.475 e. The SMILES string of the molecule is CCCCS(=O)(=O)NCc1ccc(OC(C)C)nc1. The second-order valence-electron chi connectivity index (χ2n) is 4.66. The molecule has 0 atom stereocenters. The minimum atomic E-state index is -3.18. The Hall–Kier alpha value is -1.14. The second kappa shape index (κ2) is 7.45. The van der Waals surface area contributed by atoms with Gasteiger partial charge in [0.1, 0.15) is 0 Å². The van der Waals surface area contributed by atoms with Gasteiger partial charge in [0, 0.05) is 18.8 Å². The van der Waals surface area contributed by atoms with Gasteiger partial charge in [-0.05, 0) is 25.8 Å². The molecule has 0 saturated carbocycles. The first-order valence-corrected chi connectivity index (χ1v) is 8.17. The van der Waals surface area contributed by atoms with Crippen LogP contribution in [0.5, 0.6) is 5.88 Å². The molecule has 0 saturated heterocycles. The molecule has 1 rings (SSSR count). The van der Waals surface area contributed by atoms with Crippen LogP contribution >= 0.6 is 0 Å². The average molecular weight is 286 g/mol. The topological polar surface area (TPSA) is 68.3 Å². The van der Waals surface area contributed by atoms with Crippen molar-refractivity contribution in [1.82, 2.24) is 9.71 Å². The van der Waals surface area contributed by atoms with Gasteiger partial charge >= 0.3 is 0 Å². The monoisotopic (exact) mass is 286 g/mol. The summed E-state index contributed by atoms with van der Waals surface area (Å²) < 4.78 is 31.2. The van der Waals surface area contributed by atoms with Gasteiger partial charge in [-0.25, -0.2) is 18.1 Å². The number of hydrogen-bond donors (Lipinski definition) is 1. The highest BCUT2D eigenvalue weighted by atomic mass is 32.2. The highest BCUT2D eigenvalue weighted by molar-refractivity contribution is 7.89. The summed E-state index contributed by atoms with van der Waals surface area (Å²) in [4.78, 5) is 4.12. The highest BCUT2D eigenvalue weighted by Crippen LogP contribution is 2.09. The summed E-state index contributed by atoms with van der Waals surface area (Å²) in [6.45, 7) is 6.09. The zero-order chi connectivity index (χ0) is 14.3. The van der Waals surface area contributed by atoms with Crippen molar-refractivity contribution in [2.75, 3.05) is 5.75 Å². The molecule has 6 heteroatoms. The van der Waals surface area contributed by atoms with Crippen molar-refractivity contribution in [3.63, 3.8) is 0 Å². The lowest BCUT2D eigenvalue weighted by Crippen LogP contribution is -2.25. The quantitative estimate of drug-likeness (QED) is 0.794. The van der Waals surface area contributed by atoms with Crippen LogP contribution in [0.3, 0.4) is 0 Å². The van der Waals surface area contributed by atoms with Crippen molar-refractivity contribution in [3.8, 4) is 5.88 Å². The molecule has 0 aliphatic rings.